The SMILES string of the molecule is Cc1cc(I)ccc1NC(=O)c1ccc(-c2ccccc2[N+](=O)[O-])o1. The molecule has 7 heteroatoms. The predicted molar refractivity (Wildman–Crippen MR) is 103 cm³/mol. The molecular weight excluding hydrogens is 435 g/mol. The Morgan fingerprint density at radius 1 is 1.16 bits per heavy atom. The zero-order chi connectivity index (χ0) is 18.0. The van der Waals surface area contributed by atoms with Crippen LogP contribution < -0.4 is 5.32 Å². The fraction of sp³-hybridized carbons (Fsp3) is 0.0556. The molecule has 2 aromatic carbocycles. The van der Waals surface area contributed by atoms with Gasteiger partial charge in [-0.25, -0.2) is 0 Å². The molecule has 0 aliphatic rings. The van der Waals surface area contributed by atoms with Gasteiger partial charge in [-0.1, -0.05) is 12.1 Å². The van der Waals surface area contributed by atoms with Gasteiger partial charge in [0.2, 0.25) is 0 Å². The normalized spacial score (nSPS) is 10.5. The number of nitrogens with one attached hydrogen (secondary N) is 1. The van der Waals surface area contributed by atoms with Gasteiger partial charge < -0.3 is 9.73 Å². The Kier molecular flexibility index (Phi) is 4.84. The molecule has 0 fully saturated rings. The van der Waals surface area contributed by atoms with Crippen molar-refractivity contribution in [2.45, 2.75) is 6.92 Å². The van der Waals surface area contributed by atoms with Crippen LogP contribution >= 0.6 is 22.6 Å². The van der Waals surface area contributed by atoms with Gasteiger partial charge >= 0.3 is 0 Å². The van der Waals surface area contributed by atoms with E-state index in [2.05, 4.69) is 27.9 Å². The molecule has 0 aliphatic heterocycles. The van der Waals surface area contributed by atoms with Crippen molar-refractivity contribution in [2.75, 3.05) is 5.32 Å². The predicted octanol–water partition coefficient (Wildman–Crippen LogP) is 5.02. The molecule has 0 bridgehead atoms. The smallest absolute Gasteiger partial charge is 0.291 e. The van der Waals surface area contributed by atoms with E-state index in [-0.39, 0.29) is 17.2 Å². The molecule has 1 aromatic heterocycles. The van der Waals surface area contributed by atoms with Gasteiger partial charge in [-0.2, -0.15) is 0 Å². The van der Waals surface area contributed by atoms with Crippen LogP contribution in [0.15, 0.2) is 59.0 Å². The number of furan rings is 1. The number of anilines is 1. The van der Waals surface area contributed by atoms with Crippen molar-refractivity contribution in [2.24, 2.45) is 0 Å². The number of carbonyl (C=O) groups excluding carboxylic acids is 1. The summed E-state index contributed by atoms with van der Waals surface area (Å²) < 4.78 is 6.61. The molecule has 0 unspecified atom stereocenters. The fourth-order valence-corrected chi connectivity index (χ4v) is 3.04. The average molecular weight is 448 g/mol. The molecule has 0 saturated heterocycles. The Morgan fingerprint density at radius 2 is 1.92 bits per heavy atom. The van der Waals surface area contributed by atoms with Crippen LogP contribution in [0.4, 0.5) is 11.4 Å². The summed E-state index contributed by atoms with van der Waals surface area (Å²) >= 11 is 2.20. The van der Waals surface area contributed by atoms with E-state index < -0.39 is 10.8 Å². The number of para-hydroxylation sites is 1. The van der Waals surface area contributed by atoms with Crippen LogP contribution in [0.25, 0.3) is 11.3 Å². The molecule has 3 rings (SSSR count). The molecule has 0 saturated carbocycles. The Balaban J connectivity index is 1.86. The van der Waals surface area contributed by atoms with Gasteiger partial charge in [0.1, 0.15) is 5.76 Å². The molecule has 126 valence electrons. The number of nitrogens with zero attached hydrogens (tertiary/aromatic N) is 1. The summed E-state index contributed by atoms with van der Waals surface area (Å²) in [6.07, 6.45) is 0. The third kappa shape index (κ3) is 3.71. The summed E-state index contributed by atoms with van der Waals surface area (Å²) in [5, 5.41) is 13.9. The minimum absolute atomic E-state index is 0.0720. The van der Waals surface area contributed by atoms with Crippen molar-refractivity contribution >= 4 is 39.9 Å². The maximum atomic E-state index is 12.4. The van der Waals surface area contributed by atoms with Gasteiger partial charge in [0.05, 0.1) is 10.5 Å². The summed E-state index contributed by atoms with van der Waals surface area (Å²) in [6.45, 7) is 1.90. The minimum Gasteiger partial charge on any atom is -0.451 e. The lowest BCUT2D eigenvalue weighted by atomic mass is 10.1. The second kappa shape index (κ2) is 7.06. The summed E-state index contributed by atoms with van der Waals surface area (Å²) in [6, 6.07) is 15.0. The molecule has 0 atom stereocenters. The van der Waals surface area contributed by atoms with Crippen molar-refractivity contribution < 1.29 is 14.1 Å². The Labute approximate surface area is 157 Å². The number of carbonyl (C=O) groups is 1. The van der Waals surface area contributed by atoms with E-state index >= 15 is 0 Å². The minimum atomic E-state index is -0.480. The number of nitro benzene ring substituents is 1. The zero-order valence-electron chi connectivity index (χ0n) is 13.2. The first kappa shape index (κ1) is 17.2. The molecule has 0 aliphatic carbocycles. The first-order chi connectivity index (χ1) is 12.0. The highest BCUT2D eigenvalue weighted by Gasteiger charge is 2.19. The van der Waals surface area contributed by atoms with Crippen LogP contribution in [0.2, 0.25) is 0 Å². The standard InChI is InChI=1S/C18H13IN2O4/c1-11-10-12(19)6-7-14(11)20-18(22)17-9-8-16(25-17)13-4-2-3-5-15(13)21(23)24/h2-10H,1H3,(H,20,22). The Morgan fingerprint density at radius 3 is 2.64 bits per heavy atom. The van der Waals surface area contributed by atoms with Crippen molar-refractivity contribution in [3.05, 3.63) is 79.6 Å². The fourth-order valence-electron chi connectivity index (χ4n) is 2.40. The van der Waals surface area contributed by atoms with Crippen LogP contribution in [0, 0.1) is 20.6 Å². The molecule has 1 amide bonds. The summed E-state index contributed by atoms with van der Waals surface area (Å²) in [5.74, 6) is -0.0444. The largest absolute Gasteiger partial charge is 0.451 e. The summed E-state index contributed by atoms with van der Waals surface area (Å²) in [5.41, 5.74) is 1.88. The third-order valence-electron chi connectivity index (χ3n) is 3.63. The molecule has 3 aromatic rings. The van der Waals surface area contributed by atoms with E-state index in [1.165, 1.54) is 12.1 Å². The van der Waals surface area contributed by atoms with Gasteiger partial charge in [0, 0.05) is 15.3 Å². The van der Waals surface area contributed by atoms with Gasteiger partial charge in [-0.15, -0.1) is 0 Å². The van der Waals surface area contributed by atoms with Crippen molar-refractivity contribution in [3.8, 4) is 11.3 Å². The van der Waals surface area contributed by atoms with Gasteiger partial charge in [0.25, 0.3) is 11.6 Å². The van der Waals surface area contributed by atoms with Crippen LogP contribution in [-0.2, 0) is 0 Å². The maximum absolute atomic E-state index is 12.4. The number of hydrogen-bond acceptors (Lipinski definition) is 4. The first-order valence-electron chi connectivity index (χ1n) is 7.37. The second-order valence-electron chi connectivity index (χ2n) is 5.35. The average Bonchev–Trinajstić information content (AvgIpc) is 3.07. The lowest BCUT2D eigenvalue weighted by molar-refractivity contribution is -0.384. The zero-order valence-corrected chi connectivity index (χ0v) is 15.3. The van der Waals surface area contributed by atoms with E-state index in [1.807, 2.05) is 25.1 Å². The van der Waals surface area contributed by atoms with E-state index in [9.17, 15) is 14.9 Å². The number of rotatable bonds is 4. The molecule has 1 heterocycles. The monoisotopic (exact) mass is 448 g/mol. The molecule has 25 heavy (non-hydrogen) atoms. The number of halogens is 1. The topological polar surface area (TPSA) is 85.4 Å². The van der Waals surface area contributed by atoms with Crippen LogP contribution in [0.3, 0.4) is 0 Å². The molecule has 0 radical (unpaired) electrons. The molecule has 1 N–H and O–H groups in total. The van der Waals surface area contributed by atoms with Gasteiger partial charge in [-0.05, 0) is 71.5 Å². The van der Waals surface area contributed by atoms with Gasteiger partial charge in [-0.3, -0.25) is 14.9 Å². The summed E-state index contributed by atoms with van der Waals surface area (Å²) in [7, 11) is 0. The number of amides is 1. The van der Waals surface area contributed by atoms with Crippen LogP contribution in [0.5, 0.6) is 0 Å². The summed E-state index contributed by atoms with van der Waals surface area (Å²) in [4.78, 5) is 23.0. The number of hydrogen-bond donors (Lipinski definition) is 1. The third-order valence-corrected chi connectivity index (χ3v) is 4.30. The number of nitro groups is 1. The lowest BCUT2D eigenvalue weighted by Gasteiger charge is -2.07. The van der Waals surface area contributed by atoms with Crippen molar-refractivity contribution in [1.82, 2.24) is 0 Å². The van der Waals surface area contributed by atoms with E-state index in [0.717, 1.165) is 9.13 Å². The quantitative estimate of drug-likeness (QED) is 0.345. The maximum Gasteiger partial charge on any atom is 0.291 e. The van der Waals surface area contributed by atoms with Gasteiger partial charge in [0.15, 0.2) is 5.76 Å². The lowest BCUT2D eigenvalue weighted by Crippen LogP contribution is -2.11. The molecule has 0 spiro atoms. The highest BCUT2D eigenvalue weighted by molar-refractivity contribution is 14.1. The van der Waals surface area contributed by atoms with Crippen LogP contribution in [0.1, 0.15) is 16.1 Å². The van der Waals surface area contributed by atoms with Crippen molar-refractivity contribution in [1.29, 1.82) is 0 Å². The van der Waals surface area contributed by atoms with Crippen molar-refractivity contribution in [3.63, 3.8) is 0 Å². The van der Waals surface area contributed by atoms with Crippen LogP contribution in [-0.4, -0.2) is 10.8 Å². The first-order valence-corrected chi connectivity index (χ1v) is 8.44. The highest BCUT2D eigenvalue weighted by atomic mass is 127. The van der Waals surface area contributed by atoms with E-state index in [0.29, 0.717) is 11.3 Å². The second-order valence-corrected chi connectivity index (χ2v) is 6.60. The Bertz CT molecular complexity index is 965. The molecular formula is C18H13IN2O4. The number of benzene rings is 2. The Hall–Kier alpha value is -2.68. The van der Waals surface area contributed by atoms with E-state index in [4.69, 9.17) is 4.42 Å². The number of aryl methyl sites for hydroxylation is 1. The highest BCUT2D eigenvalue weighted by Crippen LogP contribution is 2.31. The van der Waals surface area contributed by atoms with E-state index in [1.54, 1.807) is 24.3 Å². The molecule has 6 nitrogen and oxygen atoms in total.